The molecule has 1 atom stereocenters. The highest BCUT2D eigenvalue weighted by Gasteiger charge is 2.35. The minimum absolute atomic E-state index is 0.0104. The van der Waals surface area contributed by atoms with Gasteiger partial charge in [0.2, 0.25) is 11.8 Å². The zero-order chi connectivity index (χ0) is 16.1. The Bertz CT molecular complexity index is 592. The third-order valence-corrected chi connectivity index (χ3v) is 4.14. The Morgan fingerprint density at radius 3 is 2.64 bits per heavy atom. The van der Waals surface area contributed by atoms with Crippen molar-refractivity contribution in [2.75, 3.05) is 19.6 Å². The summed E-state index contributed by atoms with van der Waals surface area (Å²) in [5.41, 5.74) is -0.207. The van der Waals surface area contributed by atoms with E-state index in [1.807, 2.05) is 13.8 Å². The van der Waals surface area contributed by atoms with Crippen molar-refractivity contribution in [2.45, 2.75) is 39.3 Å². The van der Waals surface area contributed by atoms with Crippen LogP contribution in [0.2, 0.25) is 0 Å². The number of rotatable bonds is 5. The van der Waals surface area contributed by atoms with Crippen LogP contribution >= 0.6 is 0 Å². The summed E-state index contributed by atoms with van der Waals surface area (Å²) in [7, 11) is 0. The van der Waals surface area contributed by atoms with Crippen molar-refractivity contribution in [1.82, 2.24) is 14.4 Å². The van der Waals surface area contributed by atoms with E-state index in [0.717, 1.165) is 6.42 Å². The van der Waals surface area contributed by atoms with E-state index < -0.39 is 0 Å². The SMILES string of the molecule is CCN(CC)C(=O)C1CCCN1C(=O)Cn1ccccc1=O. The van der Waals surface area contributed by atoms with Gasteiger partial charge >= 0.3 is 0 Å². The molecule has 0 radical (unpaired) electrons. The second kappa shape index (κ2) is 7.24. The van der Waals surface area contributed by atoms with Gasteiger partial charge in [0.25, 0.3) is 5.56 Å². The smallest absolute Gasteiger partial charge is 0.250 e. The maximum Gasteiger partial charge on any atom is 0.250 e. The number of hydrogen-bond acceptors (Lipinski definition) is 3. The number of likely N-dealkylation sites (tertiary alicyclic amines) is 1. The van der Waals surface area contributed by atoms with Crippen LogP contribution in [-0.4, -0.2) is 51.9 Å². The highest BCUT2D eigenvalue weighted by molar-refractivity contribution is 5.88. The number of hydrogen-bond donors (Lipinski definition) is 0. The van der Waals surface area contributed by atoms with Crippen molar-refractivity contribution in [3.63, 3.8) is 0 Å². The molecule has 1 fully saturated rings. The molecule has 1 unspecified atom stereocenters. The number of carbonyl (C=O) groups excluding carboxylic acids is 2. The highest BCUT2D eigenvalue weighted by Crippen LogP contribution is 2.20. The lowest BCUT2D eigenvalue weighted by Crippen LogP contribution is -2.48. The van der Waals surface area contributed by atoms with Crippen molar-refractivity contribution in [3.8, 4) is 0 Å². The van der Waals surface area contributed by atoms with Crippen LogP contribution in [0.25, 0.3) is 0 Å². The van der Waals surface area contributed by atoms with Gasteiger partial charge in [-0.2, -0.15) is 0 Å². The average molecular weight is 305 g/mol. The lowest BCUT2D eigenvalue weighted by atomic mass is 10.2. The van der Waals surface area contributed by atoms with Crippen molar-refractivity contribution in [3.05, 3.63) is 34.7 Å². The predicted molar refractivity (Wildman–Crippen MR) is 83.4 cm³/mol. The summed E-state index contributed by atoms with van der Waals surface area (Å²) in [4.78, 5) is 40.1. The number of pyridine rings is 1. The van der Waals surface area contributed by atoms with Crippen molar-refractivity contribution >= 4 is 11.8 Å². The topological polar surface area (TPSA) is 62.6 Å². The number of aromatic nitrogens is 1. The van der Waals surface area contributed by atoms with Crippen LogP contribution in [-0.2, 0) is 16.1 Å². The number of nitrogens with zero attached hydrogens (tertiary/aromatic N) is 3. The fourth-order valence-electron chi connectivity index (χ4n) is 2.90. The first kappa shape index (κ1) is 16.3. The highest BCUT2D eigenvalue weighted by atomic mass is 16.2. The Kier molecular flexibility index (Phi) is 5.35. The lowest BCUT2D eigenvalue weighted by molar-refractivity contribution is -0.144. The standard InChI is InChI=1S/C16H23N3O3/c1-3-17(4-2)16(22)13-8-7-11-19(13)15(21)12-18-10-6-5-9-14(18)20/h5-6,9-10,13H,3-4,7-8,11-12H2,1-2H3. The molecule has 1 aromatic rings. The maximum absolute atomic E-state index is 12.5. The Labute approximate surface area is 130 Å². The Hall–Kier alpha value is -2.11. The molecule has 1 aromatic heterocycles. The summed E-state index contributed by atoms with van der Waals surface area (Å²) in [5, 5.41) is 0. The monoisotopic (exact) mass is 305 g/mol. The Balaban J connectivity index is 2.10. The van der Waals surface area contributed by atoms with Crippen LogP contribution in [0.5, 0.6) is 0 Å². The van der Waals surface area contributed by atoms with E-state index in [4.69, 9.17) is 0 Å². The van der Waals surface area contributed by atoms with Crippen LogP contribution in [0.3, 0.4) is 0 Å². The van der Waals surface area contributed by atoms with Gasteiger partial charge in [0.1, 0.15) is 12.6 Å². The zero-order valence-electron chi connectivity index (χ0n) is 13.2. The van der Waals surface area contributed by atoms with E-state index in [1.165, 1.54) is 10.6 Å². The summed E-state index contributed by atoms with van der Waals surface area (Å²) in [6.07, 6.45) is 3.12. The van der Waals surface area contributed by atoms with Gasteiger partial charge in [-0.1, -0.05) is 6.07 Å². The first-order valence-corrected chi connectivity index (χ1v) is 7.82. The van der Waals surface area contributed by atoms with Gasteiger partial charge in [-0.25, -0.2) is 0 Å². The molecule has 2 amide bonds. The summed E-state index contributed by atoms with van der Waals surface area (Å²) in [6.45, 7) is 5.73. The molecule has 2 heterocycles. The second-order valence-corrected chi connectivity index (χ2v) is 5.42. The third kappa shape index (κ3) is 3.37. The van der Waals surface area contributed by atoms with Crippen molar-refractivity contribution < 1.29 is 9.59 Å². The van der Waals surface area contributed by atoms with Crippen LogP contribution in [0.15, 0.2) is 29.2 Å². The average Bonchev–Trinajstić information content (AvgIpc) is 3.00. The molecule has 0 aliphatic carbocycles. The van der Waals surface area contributed by atoms with Crippen LogP contribution in [0.1, 0.15) is 26.7 Å². The first-order chi connectivity index (χ1) is 10.6. The Morgan fingerprint density at radius 2 is 2.00 bits per heavy atom. The van der Waals surface area contributed by atoms with E-state index in [0.29, 0.717) is 26.1 Å². The van der Waals surface area contributed by atoms with Gasteiger partial charge in [-0.15, -0.1) is 0 Å². The van der Waals surface area contributed by atoms with Gasteiger partial charge in [-0.05, 0) is 32.8 Å². The summed E-state index contributed by atoms with van der Waals surface area (Å²) >= 11 is 0. The largest absolute Gasteiger partial charge is 0.341 e. The van der Waals surface area contributed by atoms with Crippen LogP contribution < -0.4 is 5.56 Å². The van der Waals surface area contributed by atoms with Crippen molar-refractivity contribution in [1.29, 1.82) is 0 Å². The first-order valence-electron chi connectivity index (χ1n) is 7.82. The summed E-state index contributed by atoms with van der Waals surface area (Å²) < 4.78 is 1.37. The molecule has 0 bridgehead atoms. The maximum atomic E-state index is 12.5. The van der Waals surface area contributed by atoms with Gasteiger partial charge in [0, 0.05) is 31.9 Å². The molecule has 6 nitrogen and oxygen atoms in total. The van der Waals surface area contributed by atoms with Crippen LogP contribution in [0, 0.1) is 0 Å². The fourth-order valence-corrected chi connectivity index (χ4v) is 2.90. The molecule has 1 aliphatic heterocycles. The molecular weight excluding hydrogens is 282 g/mol. The van der Waals surface area contributed by atoms with Gasteiger partial charge < -0.3 is 14.4 Å². The lowest BCUT2D eigenvalue weighted by Gasteiger charge is -2.29. The summed E-state index contributed by atoms with van der Waals surface area (Å²) in [5.74, 6) is -0.160. The molecule has 0 aromatic carbocycles. The molecule has 0 spiro atoms. The van der Waals surface area contributed by atoms with Gasteiger partial charge in [0.05, 0.1) is 0 Å². The minimum atomic E-state index is -0.383. The molecule has 1 aliphatic rings. The van der Waals surface area contributed by atoms with Crippen molar-refractivity contribution in [2.24, 2.45) is 0 Å². The summed E-state index contributed by atoms with van der Waals surface area (Å²) in [6, 6.07) is 4.41. The van der Waals surface area contributed by atoms with Gasteiger partial charge in [-0.3, -0.25) is 14.4 Å². The van der Waals surface area contributed by atoms with E-state index >= 15 is 0 Å². The molecule has 120 valence electrons. The normalized spacial score (nSPS) is 17.5. The zero-order valence-corrected chi connectivity index (χ0v) is 13.2. The van der Waals surface area contributed by atoms with E-state index in [2.05, 4.69) is 0 Å². The number of amides is 2. The Morgan fingerprint density at radius 1 is 1.27 bits per heavy atom. The third-order valence-electron chi connectivity index (χ3n) is 4.14. The quantitative estimate of drug-likeness (QED) is 0.805. The van der Waals surface area contributed by atoms with Gasteiger partial charge in [0.15, 0.2) is 0 Å². The minimum Gasteiger partial charge on any atom is -0.341 e. The van der Waals surface area contributed by atoms with Crippen LogP contribution in [0.4, 0.5) is 0 Å². The number of likely N-dealkylation sites (N-methyl/N-ethyl adjacent to an activating group) is 1. The molecule has 22 heavy (non-hydrogen) atoms. The molecule has 0 N–H and O–H groups in total. The molecule has 2 rings (SSSR count). The van der Waals surface area contributed by atoms with E-state index in [-0.39, 0.29) is 30.0 Å². The number of carbonyl (C=O) groups is 2. The molecule has 1 saturated heterocycles. The second-order valence-electron chi connectivity index (χ2n) is 5.42. The predicted octanol–water partition coefficient (Wildman–Crippen LogP) is 0.708. The van der Waals surface area contributed by atoms with E-state index in [1.54, 1.807) is 28.1 Å². The fraction of sp³-hybridized carbons (Fsp3) is 0.562. The van der Waals surface area contributed by atoms with E-state index in [9.17, 15) is 14.4 Å². The molecule has 0 saturated carbocycles. The molecular formula is C16H23N3O3. The molecule has 6 heteroatoms.